The van der Waals surface area contributed by atoms with Crippen LogP contribution in [0.25, 0.3) is 0 Å². The van der Waals surface area contributed by atoms with Gasteiger partial charge in [-0.15, -0.1) is 0 Å². The maximum Gasteiger partial charge on any atom is 0.198 e. The summed E-state index contributed by atoms with van der Waals surface area (Å²) in [6.07, 6.45) is 6.22. The number of hydrogen-bond donors (Lipinski definition) is 0. The SMILES string of the molecule is CCC(CC)CC(=O)c1nccn1C. The minimum atomic E-state index is 0.159. The highest BCUT2D eigenvalue weighted by Crippen LogP contribution is 2.15. The lowest BCUT2D eigenvalue weighted by Gasteiger charge is -2.10. The fraction of sp³-hybridized carbons (Fsp3) is 0.636. The Hall–Kier alpha value is -1.12. The van der Waals surface area contributed by atoms with Gasteiger partial charge >= 0.3 is 0 Å². The Morgan fingerprint density at radius 3 is 2.57 bits per heavy atom. The lowest BCUT2D eigenvalue weighted by atomic mass is 9.97. The maximum absolute atomic E-state index is 11.8. The molecule has 0 aliphatic carbocycles. The van der Waals surface area contributed by atoms with Gasteiger partial charge in [-0.2, -0.15) is 0 Å². The first kappa shape index (κ1) is 11.0. The number of hydrogen-bond acceptors (Lipinski definition) is 2. The molecule has 1 aromatic rings. The van der Waals surface area contributed by atoms with Gasteiger partial charge in [-0.05, 0) is 5.92 Å². The third-order valence-corrected chi connectivity index (χ3v) is 2.70. The predicted octanol–water partition coefficient (Wildman–Crippen LogP) is 2.43. The summed E-state index contributed by atoms with van der Waals surface area (Å²) in [5.41, 5.74) is 0. The molecule has 1 heterocycles. The Bertz CT molecular complexity index is 300. The van der Waals surface area contributed by atoms with Crippen LogP contribution in [-0.4, -0.2) is 15.3 Å². The third-order valence-electron chi connectivity index (χ3n) is 2.70. The van der Waals surface area contributed by atoms with E-state index in [4.69, 9.17) is 0 Å². The average molecular weight is 194 g/mol. The van der Waals surface area contributed by atoms with Crippen molar-refractivity contribution in [2.45, 2.75) is 33.1 Å². The van der Waals surface area contributed by atoms with Crippen LogP contribution in [0.4, 0.5) is 0 Å². The summed E-state index contributed by atoms with van der Waals surface area (Å²) >= 11 is 0. The molecule has 1 aromatic heterocycles. The van der Waals surface area contributed by atoms with Gasteiger partial charge in [0, 0.05) is 25.9 Å². The van der Waals surface area contributed by atoms with Crippen LogP contribution in [-0.2, 0) is 7.05 Å². The Morgan fingerprint density at radius 1 is 1.50 bits per heavy atom. The second kappa shape index (κ2) is 4.94. The van der Waals surface area contributed by atoms with Crippen molar-refractivity contribution in [3.05, 3.63) is 18.2 Å². The molecule has 0 amide bonds. The molecule has 0 N–H and O–H groups in total. The zero-order valence-electron chi connectivity index (χ0n) is 9.16. The van der Waals surface area contributed by atoms with Crippen molar-refractivity contribution in [1.82, 2.24) is 9.55 Å². The molecule has 1 rings (SSSR count). The van der Waals surface area contributed by atoms with Gasteiger partial charge in [0.05, 0.1) is 0 Å². The number of nitrogens with zero attached hydrogens (tertiary/aromatic N) is 2. The topological polar surface area (TPSA) is 34.9 Å². The smallest absolute Gasteiger partial charge is 0.198 e. The van der Waals surface area contributed by atoms with Crippen LogP contribution in [0.5, 0.6) is 0 Å². The van der Waals surface area contributed by atoms with E-state index in [-0.39, 0.29) is 5.78 Å². The second-order valence-corrected chi connectivity index (χ2v) is 3.67. The normalized spacial score (nSPS) is 10.9. The van der Waals surface area contributed by atoms with Crippen molar-refractivity contribution >= 4 is 5.78 Å². The van der Waals surface area contributed by atoms with Gasteiger partial charge in [-0.1, -0.05) is 26.7 Å². The van der Waals surface area contributed by atoms with Crippen molar-refractivity contribution in [2.75, 3.05) is 0 Å². The van der Waals surface area contributed by atoms with Crippen LogP contribution < -0.4 is 0 Å². The molecule has 3 nitrogen and oxygen atoms in total. The van der Waals surface area contributed by atoms with Crippen LogP contribution in [0.3, 0.4) is 0 Å². The van der Waals surface area contributed by atoms with E-state index in [1.54, 1.807) is 17.0 Å². The number of ketones is 1. The molecule has 0 aliphatic rings. The second-order valence-electron chi connectivity index (χ2n) is 3.67. The number of rotatable bonds is 5. The molecule has 0 unspecified atom stereocenters. The molecule has 78 valence electrons. The fourth-order valence-corrected chi connectivity index (χ4v) is 1.57. The quantitative estimate of drug-likeness (QED) is 0.675. The summed E-state index contributed by atoms with van der Waals surface area (Å²) < 4.78 is 1.78. The molecule has 0 atom stereocenters. The van der Waals surface area contributed by atoms with E-state index in [0.717, 1.165) is 12.8 Å². The van der Waals surface area contributed by atoms with Crippen LogP contribution in [0.1, 0.15) is 43.7 Å². The van der Waals surface area contributed by atoms with Crippen molar-refractivity contribution in [3.63, 3.8) is 0 Å². The number of Topliss-reactive ketones (excluding diaryl/α,β-unsaturated/α-hetero) is 1. The molecular formula is C11H18N2O. The van der Waals surface area contributed by atoms with Crippen molar-refractivity contribution in [2.24, 2.45) is 13.0 Å². The fourth-order valence-electron chi connectivity index (χ4n) is 1.57. The Kier molecular flexibility index (Phi) is 3.86. The van der Waals surface area contributed by atoms with Gasteiger partial charge in [0.1, 0.15) is 0 Å². The van der Waals surface area contributed by atoms with Gasteiger partial charge in [-0.3, -0.25) is 4.79 Å². The van der Waals surface area contributed by atoms with E-state index in [2.05, 4.69) is 18.8 Å². The first-order chi connectivity index (χ1) is 6.69. The standard InChI is InChI=1S/C11H18N2O/c1-4-9(5-2)8-10(14)11-12-6-7-13(11)3/h6-7,9H,4-5,8H2,1-3H3. The molecule has 0 aliphatic heterocycles. The Balaban J connectivity index is 2.63. The minimum absolute atomic E-state index is 0.159. The maximum atomic E-state index is 11.8. The van der Waals surface area contributed by atoms with Gasteiger partial charge in [-0.25, -0.2) is 4.98 Å². The van der Waals surface area contributed by atoms with E-state index in [1.165, 1.54) is 0 Å². The highest BCUT2D eigenvalue weighted by Gasteiger charge is 2.15. The molecule has 0 spiro atoms. The summed E-state index contributed by atoms with van der Waals surface area (Å²) in [6.45, 7) is 4.25. The summed E-state index contributed by atoms with van der Waals surface area (Å²) in [5, 5.41) is 0. The van der Waals surface area contributed by atoms with Crippen molar-refractivity contribution in [3.8, 4) is 0 Å². The van der Waals surface area contributed by atoms with Crippen LogP contribution in [0.15, 0.2) is 12.4 Å². The first-order valence-corrected chi connectivity index (χ1v) is 5.19. The molecule has 0 saturated carbocycles. The highest BCUT2D eigenvalue weighted by atomic mass is 16.1. The predicted molar refractivity (Wildman–Crippen MR) is 56.2 cm³/mol. The number of aromatic nitrogens is 2. The molecule has 0 aromatic carbocycles. The Labute approximate surface area is 85.2 Å². The summed E-state index contributed by atoms with van der Waals surface area (Å²) in [4.78, 5) is 15.8. The molecule has 3 heteroatoms. The van der Waals surface area contributed by atoms with E-state index in [1.807, 2.05) is 7.05 Å². The Morgan fingerprint density at radius 2 is 2.14 bits per heavy atom. The largest absolute Gasteiger partial charge is 0.332 e. The minimum Gasteiger partial charge on any atom is -0.332 e. The van der Waals surface area contributed by atoms with Crippen molar-refractivity contribution < 1.29 is 4.79 Å². The number of aryl methyl sites for hydroxylation is 1. The van der Waals surface area contributed by atoms with E-state index in [0.29, 0.717) is 18.2 Å². The summed E-state index contributed by atoms with van der Waals surface area (Å²) in [5.74, 6) is 1.24. The lowest BCUT2D eigenvalue weighted by molar-refractivity contribution is 0.0945. The molecule has 14 heavy (non-hydrogen) atoms. The number of carbonyl (C=O) groups excluding carboxylic acids is 1. The van der Waals surface area contributed by atoms with Crippen LogP contribution in [0, 0.1) is 5.92 Å². The highest BCUT2D eigenvalue weighted by molar-refractivity contribution is 5.92. The van der Waals surface area contributed by atoms with Gasteiger partial charge < -0.3 is 4.57 Å². The zero-order valence-corrected chi connectivity index (χ0v) is 9.16. The first-order valence-electron chi connectivity index (χ1n) is 5.19. The van der Waals surface area contributed by atoms with Crippen LogP contribution in [0.2, 0.25) is 0 Å². The van der Waals surface area contributed by atoms with Gasteiger partial charge in [0.15, 0.2) is 11.6 Å². The average Bonchev–Trinajstić information content (AvgIpc) is 2.60. The molecule has 0 radical (unpaired) electrons. The molecule has 0 saturated heterocycles. The lowest BCUT2D eigenvalue weighted by Crippen LogP contribution is -2.12. The molecular weight excluding hydrogens is 176 g/mol. The molecule has 0 bridgehead atoms. The number of imidazole rings is 1. The van der Waals surface area contributed by atoms with Gasteiger partial charge in [0.25, 0.3) is 0 Å². The van der Waals surface area contributed by atoms with E-state index < -0.39 is 0 Å². The van der Waals surface area contributed by atoms with E-state index in [9.17, 15) is 4.79 Å². The third kappa shape index (κ3) is 2.44. The monoisotopic (exact) mass is 194 g/mol. The molecule has 0 fully saturated rings. The summed E-state index contributed by atoms with van der Waals surface area (Å²) in [7, 11) is 1.85. The van der Waals surface area contributed by atoms with E-state index >= 15 is 0 Å². The van der Waals surface area contributed by atoms with Gasteiger partial charge in [0.2, 0.25) is 0 Å². The van der Waals surface area contributed by atoms with Crippen molar-refractivity contribution in [1.29, 1.82) is 0 Å². The zero-order chi connectivity index (χ0) is 10.6. The summed E-state index contributed by atoms with van der Waals surface area (Å²) in [6, 6.07) is 0. The number of carbonyl (C=O) groups is 1. The van der Waals surface area contributed by atoms with Crippen LogP contribution >= 0.6 is 0 Å².